The van der Waals surface area contributed by atoms with Crippen molar-refractivity contribution < 1.29 is 23.5 Å². The number of nitrogens with one attached hydrogen (secondary N) is 1. The molecule has 0 spiro atoms. The van der Waals surface area contributed by atoms with Crippen molar-refractivity contribution in [1.82, 2.24) is 10.3 Å². The maximum atomic E-state index is 12.9. The van der Waals surface area contributed by atoms with Crippen LogP contribution in [0.15, 0.2) is 29.6 Å². The number of rotatable bonds is 6. The van der Waals surface area contributed by atoms with Crippen LogP contribution in [-0.2, 0) is 20.9 Å². The van der Waals surface area contributed by atoms with E-state index in [0.29, 0.717) is 5.69 Å². The fraction of sp³-hybridized carbons (Fsp3) is 0.389. The fourth-order valence-electron chi connectivity index (χ4n) is 1.91. The van der Waals surface area contributed by atoms with Crippen molar-refractivity contribution in [2.45, 2.75) is 39.4 Å². The Bertz CT molecular complexity index is 753. The number of aromatic nitrogens is 1. The van der Waals surface area contributed by atoms with Crippen molar-refractivity contribution in [3.05, 3.63) is 41.2 Å². The van der Waals surface area contributed by atoms with Crippen LogP contribution in [0.2, 0.25) is 0 Å². The summed E-state index contributed by atoms with van der Waals surface area (Å²) in [5.74, 6) is -0.753. The predicted molar refractivity (Wildman–Crippen MR) is 96.2 cm³/mol. The number of halogens is 1. The van der Waals surface area contributed by atoms with Gasteiger partial charge in [0.15, 0.2) is 0 Å². The van der Waals surface area contributed by atoms with Gasteiger partial charge in [0.2, 0.25) is 0 Å². The van der Waals surface area contributed by atoms with Crippen LogP contribution in [0.3, 0.4) is 0 Å². The number of esters is 1. The summed E-state index contributed by atoms with van der Waals surface area (Å²) in [5, 5.41) is 5.00. The highest BCUT2D eigenvalue weighted by Gasteiger charge is 2.16. The Balaban J connectivity index is 1.73. The van der Waals surface area contributed by atoms with E-state index in [4.69, 9.17) is 9.47 Å². The lowest BCUT2D eigenvalue weighted by molar-refractivity contribution is -0.144. The van der Waals surface area contributed by atoms with Crippen molar-refractivity contribution in [3.63, 3.8) is 0 Å². The summed E-state index contributed by atoms with van der Waals surface area (Å²) in [5.41, 5.74) is 0.829. The van der Waals surface area contributed by atoms with Gasteiger partial charge in [0, 0.05) is 17.5 Å². The first kappa shape index (κ1) is 19.8. The molecular weight excluding hydrogens is 359 g/mol. The second-order valence-electron chi connectivity index (χ2n) is 6.49. The minimum absolute atomic E-state index is 0.0359. The second-order valence-corrected chi connectivity index (χ2v) is 7.35. The Labute approximate surface area is 155 Å². The minimum Gasteiger partial charge on any atom is -0.459 e. The van der Waals surface area contributed by atoms with Crippen molar-refractivity contribution in [2.24, 2.45) is 0 Å². The van der Waals surface area contributed by atoms with E-state index in [9.17, 15) is 14.0 Å². The molecule has 0 aliphatic carbocycles. The molecule has 6 nitrogen and oxygen atoms in total. The van der Waals surface area contributed by atoms with Crippen molar-refractivity contribution in [3.8, 4) is 10.6 Å². The van der Waals surface area contributed by atoms with Gasteiger partial charge in [-0.15, -0.1) is 11.3 Å². The van der Waals surface area contributed by atoms with Crippen LogP contribution in [0.5, 0.6) is 0 Å². The van der Waals surface area contributed by atoms with E-state index in [-0.39, 0.29) is 25.4 Å². The molecule has 0 atom stereocenters. The van der Waals surface area contributed by atoms with Gasteiger partial charge >= 0.3 is 12.1 Å². The molecule has 0 unspecified atom stereocenters. The highest BCUT2D eigenvalue weighted by molar-refractivity contribution is 7.13. The average molecular weight is 380 g/mol. The SMILES string of the molecule is CC(C)(C)OC(=O)NCCC(=O)OCc1csc(-c2ccc(F)cc2)n1. The zero-order valence-corrected chi connectivity index (χ0v) is 15.7. The Morgan fingerprint density at radius 2 is 1.92 bits per heavy atom. The van der Waals surface area contributed by atoms with Gasteiger partial charge in [-0.2, -0.15) is 0 Å². The Morgan fingerprint density at radius 1 is 1.23 bits per heavy atom. The minimum atomic E-state index is -0.586. The molecule has 26 heavy (non-hydrogen) atoms. The van der Waals surface area contributed by atoms with Gasteiger partial charge in [0.1, 0.15) is 23.0 Å². The van der Waals surface area contributed by atoms with Gasteiger partial charge in [0.05, 0.1) is 12.1 Å². The topological polar surface area (TPSA) is 77.5 Å². The molecule has 0 radical (unpaired) electrons. The molecule has 1 heterocycles. The highest BCUT2D eigenvalue weighted by Crippen LogP contribution is 2.24. The molecule has 0 saturated carbocycles. The predicted octanol–water partition coefficient (Wildman–Crippen LogP) is 3.91. The van der Waals surface area contributed by atoms with Gasteiger partial charge < -0.3 is 14.8 Å². The molecule has 140 valence electrons. The first-order valence-corrected chi connectivity index (χ1v) is 8.94. The van der Waals surface area contributed by atoms with E-state index in [0.717, 1.165) is 10.6 Å². The van der Waals surface area contributed by atoms with Crippen LogP contribution in [0.4, 0.5) is 9.18 Å². The summed E-state index contributed by atoms with van der Waals surface area (Å²) in [7, 11) is 0. The third kappa shape index (κ3) is 6.79. The molecule has 2 rings (SSSR count). The summed E-state index contributed by atoms with van der Waals surface area (Å²) < 4.78 is 23.1. The number of hydrogen-bond donors (Lipinski definition) is 1. The molecule has 1 amide bonds. The number of benzene rings is 1. The summed E-state index contributed by atoms with van der Waals surface area (Å²) in [4.78, 5) is 27.5. The Kier molecular flexibility index (Phi) is 6.68. The molecule has 2 aromatic rings. The van der Waals surface area contributed by atoms with Gasteiger partial charge in [-0.1, -0.05) is 0 Å². The molecular formula is C18H21FN2O4S. The van der Waals surface area contributed by atoms with Gasteiger partial charge in [-0.05, 0) is 45.0 Å². The van der Waals surface area contributed by atoms with Crippen LogP contribution in [0.25, 0.3) is 10.6 Å². The zero-order valence-electron chi connectivity index (χ0n) is 14.9. The smallest absolute Gasteiger partial charge is 0.407 e. The van der Waals surface area contributed by atoms with Crippen LogP contribution in [-0.4, -0.2) is 29.2 Å². The maximum Gasteiger partial charge on any atom is 0.407 e. The fourth-order valence-corrected chi connectivity index (χ4v) is 2.72. The Morgan fingerprint density at radius 3 is 2.58 bits per heavy atom. The summed E-state index contributed by atoms with van der Waals surface area (Å²) in [6.07, 6.45) is -0.539. The molecule has 1 N–H and O–H groups in total. The number of hydrogen-bond acceptors (Lipinski definition) is 6. The number of carbonyl (C=O) groups is 2. The van der Waals surface area contributed by atoms with Crippen molar-refractivity contribution in [1.29, 1.82) is 0 Å². The van der Waals surface area contributed by atoms with Crippen LogP contribution >= 0.6 is 11.3 Å². The molecule has 0 saturated heterocycles. The van der Waals surface area contributed by atoms with E-state index < -0.39 is 17.7 Å². The summed E-state index contributed by atoms with van der Waals surface area (Å²) in [6, 6.07) is 6.03. The summed E-state index contributed by atoms with van der Waals surface area (Å²) in [6.45, 7) is 5.45. The average Bonchev–Trinajstić information content (AvgIpc) is 3.01. The number of amides is 1. The lowest BCUT2D eigenvalue weighted by atomic mass is 10.2. The van der Waals surface area contributed by atoms with Gasteiger partial charge in [-0.25, -0.2) is 14.2 Å². The normalized spacial score (nSPS) is 11.1. The molecule has 0 aliphatic heterocycles. The molecule has 8 heteroatoms. The van der Waals surface area contributed by atoms with Crippen LogP contribution in [0.1, 0.15) is 32.9 Å². The lowest BCUT2D eigenvalue weighted by Gasteiger charge is -2.19. The first-order chi connectivity index (χ1) is 12.2. The standard InChI is InChI=1S/C18H21FN2O4S/c1-18(2,3)25-17(23)20-9-8-15(22)24-10-14-11-26-16(21-14)12-4-6-13(19)7-5-12/h4-7,11H,8-10H2,1-3H3,(H,20,23). The third-order valence-electron chi connectivity index (χ3n) is 3.02. The lowest BCUT2D eigenvalue weighted by Crippen LogP contribution is -2.33. The van der Waals surface area contributed by atoms with Crippen LogP contribution in [0, 0.1) is 5.82 Å². The Hall–Kier alpha value is -2.48. The van der Waals surface area contributed by atoms with E-state index in [2.05, 4.69) is 10.3 Å². The number of alkyl carbamates (subject to hydrolysis) is 1. The van der Waals surface area contributed by atoms with Gasteiger partial charge in [-0.3, -0.25) is 4.79 Å². The molecule has 0 fully saturated rings. The second kappa shape index (κ2) is 8.75. The number of carbonyl (C=O) groups excluding carboxylic acids is 2. The van der Waals surface area contributed by atoms with Crippen LogP contribution < -0.4 is 5.32 Å². The number of thiazole rings is 1. The van der Waals surface area contributed by atoms with Gasteiger partial charge in [0.25, 0.3) is 0 Å². The highest BCUT2D eigenvalue weighted by atomic mass is 32.1. The van der Waals surface area contributed by atoms with E-state index in [1.807, 2.05) is 0 Å². The van der Waals surface area contributed by atoms with Crippen molar-refractivity contribution >= 4 is 23.4 Å². The third-order valence-corrected chi connectivity index (χ3v) is 3.96. The number of ether oxygens (including phenoxy) is 2. The maximum absolute atomic E-state index is 12.9. The quantitative estimate of drug-likeness (QED) is 0.769. The molecule has 0 aliphatic rings. The monoisotopic (exact) mass is 380 g/mol. The first-order valence-electron chi connectivity index (χ1n) is 8.06. The number of nitrogens with zero attached hydrogens (tertiary/aromatic N) is 1. The zero-order chi connectivity index (χ0) is 19.2. The molecule has 1 aromatic carbocycles. The largest absolute Gasteiger partial charge is 0.459 e. The van der Waals surface area contributed by atoms with E-state index >= 15 is 0 Å². The van der Waals surface area contributed by atoms with Crippen molar-refractivity contribution in [2.75, 3.05) is 6.54 Å². The summed E-state index contributed by atoms with van der Waals surface area (Å²) >= 11 is 1.39. The van der Waals surface area contributed by atoms with E-state index in [1.165, 1.54) is 23.5 Å². The molecule has 0 bridgehead atoms. The van der Waals surface area contributed by atoms with E-state index in [1.54, 1.807) is 38.3 Å². The molecule has 1 aromatic heterocycles.